The van der Waals surface area contributed by atoms with Crippen LogP contribution in [0.2, 0.25) is 0 Å². The van der Waals surface area contributed by atoms with Crippen LogP contribution in [0.25, 0.3) is 0 Å². The Morgan fingerprint density at radius 3 is 2.56 bits per heavy atom. The lowest BCUT2D eigenvalue weighted by molar-refractivity contribution is -0.123. The van der Waals surface area contributed by atoms with E-state index in [1.807, 2.05) is 20.8 Å². The summed E-state index contributed by atoms with van der Waals surface area (Å²) in [5.74, 6) is 2.17. The number of hydrogen-bond donors (Lipinski definition) is 3. The van der Waals surface area contributed by atoms with Crippen LogP contribution in [-0.2, 0) is 14.3 Å². The predicted molar refractivity (Wildman–Crippen MR) is 187 cm³/mol. The summed E-state index contributed by atoms with van der Waals surface area (Å²) in [6.07, 6.45) is 21.3. The van der Waals surface area contributed by atoms with Crippen LogP contribution in [0.4, 0.5) is 0 Å². The molecule has 2 fully saturated rings. The topological polar surface area (TPSA) is 88.0 Å². The van der Waals surface area contributed by atoms with E-state index in [0.717, 1.165) is 44.4 Å². The van der Waals surface area contributed by atoms with E-state index >= 15 is 0 Å². The normalized spacial score (nSPS) is 24.0. The Balaban J connectivity index is 1.78. The Hall–Kier alpha value is -1.47. The van der Waals surface area contributed by atoms with E-state index < -0.39 is 5.60 Å². The molecule has 2 aliphatic carbocycles. The summed E-state index contributed by atoms with van der Waals surface area (Å²) in [6, 6.07) is 0. The van der Waals surface area contributed by atoms with Gasteiger partial charge in [0.2, 0.25) is 5.91 Å². The minimum absolute atomic E-state index is 0.00492. The van der Waals surface area contributed by atoms with Gasteiger partial charge in [0.1, 0.15) is 0 Å². The first-order valence-corrected chi connectivity index (χ1v) is 18.4. The largest absolute Gasteiger partial charge is 0.393 e. The van der Waals surface area contributed by atoms with E-state index in [1.54, 1.807) is 12.5 Å². The molecule has 6 nitrogen and oxygen atoms in total. The second kappa shape index (κ2) is 21.4. The minimum Gasteiger partial charge on any atom is -0.393 e. The van der Waals surface area contributed by atoms with E-state index in [-0.39, 0.29) is 24.2 Å². The van der Waals surface area contributed by atoms with Crippen molar-refractivity contribution < 1.29 is 24.5 Å². The van der Waals surface area contributed by atoms with E-state index in [2.05, 4.69) is 37.9 Å². The number of hydrogen-bond acceptors (Lipinski definition) is 5. The van der Waals surface area contributed by atoms with Crippen molar-refractivity contribution in [3.05, 3.63) is 35.5 Å². The Bertz CT molecular complexity index is 917. The highest BCUT2D eigenvalue weighted by atomic mass is 16.5. The molecule has 2 aliphatic rings. The zero-order valence-corrected chi connectivity index (χ0v) is 29.9. The maximum Gasteiger partial charge on any atom is 0.222 e. The molecule has 260 valence electrons. The summed E-state index contributed by atoms with van der Waals surface area (Å²) in [7, 11) is 0. The third-order valence-electron chi connectivity index (χ3n) is 10.0. The van der Waals surface area contributed by atoms with Crippen molar-refractivity contribution >= 4 is 5.91 Å². The molecule has 2 saturated carbocycles. The number of ether oxygens (including phenoxy) is 2. The maximum atomic E-state index is 12.2. The molecular formula is C39H69NO5. The Kier molecular flexibility index (Phi) is 18.9. The first-order chi connectivity index (χ1) is 21.4. The molecule has 0 aliphatic heterocycles. The summed E-state index contributed by atoms with van der Waals surface area (Å²) in [4.78, 5) is 12.2. The van der Waals surface area contributed by atoms with Gasteiger partial charge in [-0.1, -0.05) is 69.4 Å². The molecule has 0 saturated heterocycles. The first-order valence-electron chi connectivity index (χ1n) is 18.4. The molecule has 0 aromatic carbocycles. The standard InChI is InChI=1S/C39H69NO5/c1-8-33(29(2)13-11-23-39(6,7)43)17-18-34-14-9-10-15-35(34)19-20-36-28-37(21-16-30(36)3)45-25-12-24-40-38(42)27-32(5)44-26-22-31(4)41/h19-20,29,31-34,37,41,43H,3,8-18,21-28H2,1-2,4-7H3,(H,40,42)/b35-19+,36-20-/t29-,31?,32?,33-,34+,37+/m1/s1. The van der Waals surface area contributed by atoms with Crippen molar-refractivity contribution in [2.75, 3.05) is 19.8 Å². The molecular weight excluding hydrogens is 562 g/mol. The van der Waals surface area contributed by atoms with Crippen molar-refractivity contribution in [2.24, 2.45) is 17.8 Å². The van der Waals surface area contributed by atoms with Crippen LogP contribution in [0.1, 0.15) is 144 Å². The Labute approximate surface area is 276 Å². The molecule has 6 atom stereocenters. The second-order valence-corrected chi connectivity index (χ2v) is 14.9. The van der Waals surface area contributed by atoms with Gasteiger partial charge in [0.25, 0.3) is 0 Å². The molecule has 6 heteroatoms. The number of allylic oxidation sites excluding steroid dienone is 4. The van der Waals surface area contributed by atoms with Crippen LogP contribution in [-0.4, -0.2) is 59.8 Å². The molecule has 45 heavy (non-hydrogen) atoms. The van der Waals surface area contributed by atoms with E-state index in [4.69, 9.17) is 9.47 Å². The van der Waals surface area contributed by atoms with Crippen LogP contribution in [0.3, 0.4) is 0 Å². The molecule has 0 spiro atoms. The van der Waals surface area contributed by atoms with Crippen LogP contribution in [0.5, 0.6) is 0 Å². The highest BCUT2D eigenvalue weighted by Gasteiger charge is 2.24. The lowest BCUT2D eigenvalue weighted by Gasteiger charge is -2.30. The zero-order chi connectivity index (χ0) is 33.2. The molecule has 2 unspecified atom stereocenters. The number of nitrogens with one attached hydrogen (secondary N) is 1. The van der Waals surface area contributed by atoms with Gasteiger partial charge in [-0.15, -0.1) is 0 Å². The van der Waals surface area contributed by atoms with Crippen LogP contribution in [0.15, 0.2) is 35.5 Å². The molecule has 2 rings (SSSR count). The van der Waals surface area contributed by atoms with Gasteiger partial charge in [-0.25, -0.2) is 0 Å². The Morgan fingerprint density at radius 1 is 1.07 bits per heavy atom. The summed E-state index contributed by atoms with van der Waals surface area (Å²) >= 11 is 0. The summed E-state index contributed by atoms with van der Waals surface area (Å²) in [5, 5.41) is 22.4. The monoisotopic (exact) mass is 632 g/mol. The molecule has 0 heterocycles. The summed E-state index contributed by atoms with van der Waals surface area (Å²) < 4.78 is 11.8. The highest BCUT2D eigenvalue weighted by Crippen LogP contribution is 2.37. The van der Waals surface area contributed by atoms with Gasteiger partial charge in [-0.05, 0) is 122 Å². The summed E-state index contributed by atoms with van der Waals surface area (Å²) in [5.41, 5.74) is 3.67. The average molecular weight is 632 g/mol. The predicted octanol–water partition coefficient (Wildman–Crippen LogP) is 8.61. The van der Waals surface area contributed by atoms with Crippen LogP contribution >= 0.6 is 0 Å². The van der Waals surface area contributed by atoms with Crippen molar-refractivity contribution in [3.63, 3.8) is 0 Å². The number of rotatable bonds is 21. The quantitative estimate of drug-likeness (QED) is 0.110. The molecule has 0 aromatic rings. The fraction of sp³-hybridized carbons (Fsp3) is 0.821. The van der Waals surface area contributed by atoms with Gasteiger partial charge in [0.15, 0.2) is 0 Å². The van der Waals surface area contributed by atoms with Gasteiger partial charge in [-0.2, -0.15) is 0 Å². The lowest BCUT2D eigenvalue weighted by atomic mass is 9.76. The molecule has 0 radical (unpaired) electrons. The number of carbonyl (C=O) groups is 1. The molecule has 3 N–H and O–H groups in total. The van der Waals surface area contributed by atoms with Gasteiger partial charge in [0, 0.05) is 19.8 Å². The third kappa shape index (κ3) is 17.3. The highest BCUT2D eigenvalue weighted by molar-refractivity contribution is 5.76. The number of amides is 1. The van der Waals surface area contributed by atoms with E-state index in [0.29, 0.717) is 44.4 Å². The van der Waals surface area contributed by atoms with Crippen molar-refractivity contribution in [3.8, 4) is 0 Å². The first kappa shape index (κ1) is 39.7. The molecule has 1 amide bonds. The smallest absolute Gasteiger partial charge is 0.222 e. The van der Waals surface area contributed by atoms with Crippen molar-refractivity contribution in [1.29, 1.82) is 0 Å². The average Bonchev–Trinajstić information content (AvgIpc) is 2.97. The Morgan fingerprint density at radius 2 is 1.84 bits per heavy atom. The van der Waals surface area contributed by atoms with Gasteiger partial charge >= 0.3 is 0 Å². The van der Waals surface area contributed by atoms with Crippen LogP contribution in [0, 0.1) is 17.8 Å². The maximum absolute atomic E-state index is 12.2. The number of aliphatic hydroxyl groups is 2. The second-order valence-electron chi connectivity index (χ2n) is 14.9. The van der Waals surface area contributed by atoms with Crippen molar-refractivity contribution in [1.82, 2.24) is 5.32 Å². The van der Waals surface area contributed by atoms with Crippen molar-refractivity contribution in [2.45, 2.75) is 168 Å². The zero-order valence-electron chi connectivity index (χ0n) is 29.9. The SMILES string of the molecule is C=C1CC[C@H](OCCCNC(=O)CC(C)OCCC(C)O)C/C1=C/C=C1\CCCC[C@H]1CC[C@@H](CC)[C@H](C)CCCC(C)(C)O. The van der Waals surface area contributed by atoms with Gasteiger partial charge < -0.3 is 25.0 Å². The van der Waals surface area contributed by atoms with E-state index in [9.17, 15) is 15.0 Å². The lowest BCUT2D eigenvalue weighted by Crippen LogP contribution is -2.29. The fourth-order valence-electron chi connectivity index (χ4n) is 6.96. The van der Waals surface area contributed by atoms with Gasteiger partial charge in [0.05, 0.1) is 30.3 Å². The summed E-state index contributed by atoms with van der Waals surface area (Å²) in [6.45, 7) is 18.3. The number of carbonyl (C=O) groups excluding carboxylic acids is 1. The van der Waals surface area contributed by atoms with Gasteiger partial charge in [-0.3, -0.25) is 4.79 Å². The molecule has 0 aromatic heterocycles. The minimum atomic E-state index is -0.553. The van der Waals surface area contributed by atoms with E-state index in [1.165, 1.54) is 62.5 Å². The number of aliphatic hydroxyl groups excluding tert-OH is 1. The fourth-order valence-corrected chi connectivity index (χ4v) is 6.96. The van der Waals surface area contributed by atoms with Crippen LogP contribution < -0.4 is 5.32 Å². The molecule has 0 bridgehead atoms. The third-order valence-corrected chi connectivity index (χ3v) is 10.0.